The summed E-state index contributed by atoms with van der Waals surface area (Å²) in [5.74, 6) is 7.20. The van der Waals surface area contributed by atoms with Gasteiger partial charge in [-0.1, -0.05) is 0 Å². The second kappa shape index (κ2) is 4.40. The van der Waals surface area contributed by atoms with Gasteiger partial charge in [-0.15, -0.1) is 0 Å². The second-order valence-electron chi connectivity index (χ2n) is 7.53. The highest BCUT2D eigenvalue weighted by molar-refractivity contribution is 5.57. The monoisotopic (exact) mass is 274 g/mol. The van der Waals surface area contributed by atoms with Crippen molar-refractivity contribution in [2.24, 2.45) is 29.6 Å². The van der Waals surface area contributed by atoms with E-state index in [2.05, 4.69) is 22.2 Å². The van der Waals surface area contributed by atoms with Crippen molar-refractivity contribution in [1.82, 2.24) is 9.97 Å². The van der Waals surface area contributed by atoms with Gasteiger partial charge < -0.3 is 16.0 Å². The lowest BCUT2D eigenvalue weighted by atomic mass is 9.50. The lowest BCUT2D eigenvalue weighted by molar-refractivity contribution is -0.0417. The molecule has 4 nitrogen and oxygen atoms in total. The number of aromatic amines is 1. The molecule has 0 radical (unpaired) electrons. The molecule has 0 aromatic carbocycles. The Balaban J connectivity index is 1.51. The Hall–Kier alpha value is -1.19. The zero-order chi connectivity index (χ0) is 13.9. The molecule has 1 aromatic heterocycles. The molecule has 4 bridgehead atoms. The van der Waals surface area contributed by atoms with Crippen LogP contribution in [0.1, 0.15) is 44.9 Å². The minimum Gasteiger partial charge on any atom is -0.382 e. The number of H-pyrrole nitrogens is 1. The van der Waals surface area contributed by atoms with E-state index in [1.807, 2.05) is 6.92 Å². The maximum Gasteiger partial charge on any atom is 0.168 e. The number of nitrogen functional groups attached to an aromatic ring is 1. The Morgan fingerprint density at radius 1 is 1.15 bits per heavy atom. The Kier molecular flexibility index (Phi) is 2.76. The summed E-state index contributed by atoms with van der Waals surface area (Å²) < 4.78 is 0. The molecule has 0 spiro atoms. The van der Waals surface area contributed by atoms with Gasteiger partial charge in [-0.25, -0.2) is 4.98 Å². The van der Waals surface area contributed by atoms with Gasteiger partial charge in [0, 0.05) is 6.04 Å². The SMILES string of the molecule is Cc1nc(NC(C)C2C3CC4CC(C3)CC2C4)c(N)[nH]1. The molecule has 4 heteroatoms. The quantitative estimate of drug-likeness (QED) is 0.793. The van der Waals surface area contributed by atoms with Crippen molar-refractivity contribution >= 4 is 11.6 Å². The minimum atomic E-state index is 0.481. The van der Waals surface area contributed by atoms with Crippen molar-refractivity contribution in [2.45, 2.75) is 52.0 Å². The van der Waals surface area contributed by atoms with Gasteiger partial charge in [0.15, 0.2) is 5.82 Å². The van der Waals surface area contributed by atoms with Gasteiger partial charge >= 0.3 is 0 Å². The van der Waals surface area contributed by atoms with Crippen molar-refractivity contribution in [3.8, 4) is 0 Å². The van der Waals surface area contributed by atoms with E-state index in [1.54, 1.807) is 0 Å². The molecule has 0 aliphatic heterocycles. The fourth-order valence-electron chi connectivity index (χ4n) is 5.72. The molecule has 20 heavy (non-hydrogen) atoms. The zero-order valence-corrected chi connectivity index (χ0v) is 12.5. The van der Waals surface area contributed by atoms with Crippen LogP contribution in [0.3, 0.4) is 0 Å². The van der Waals surface area contributed by atoms with E-state index in [1.165, 1.54) is 32.1 Å². The van der Waals surface area contributed by atoms with Gasteiger partial charge in [-0.2, -0.15) is 0 Å². The van der Waals surface area contributed by atoms with Gasteiger partial charge in [-0.05, 0) is 75.5 Å². The van der Waals surface area contributed by atoms with Crippen molar-refractivity contribution in [1.29, 1.82) is 0 Å². The van der Waals surface area contributed by atoms with E-state index in [-0.39, 0.29) is 0 Å². The topological polar surface area (TPSA) is 66.7 Å². The van der Waals surface area contributed by atoms with Crippen molar-refractivity contribution < 1.29 is 0 Å². The third-order valence-electron chi connectivity index (χ3n) is 6.09. The number of imidazole rings is 1. The first kappa shape index (κ1) is 12.5. The number of nitrogens with two attached hydrogens (primary N) is 1. The van der Waals surface area contributed by atoms with Crippen LogP contribution in [0.4, 0.5) is 11.6 Å². The molecule has 0 amide bonds. The lowest BCUT2D eigenvalue weighted by Gasteiger charge is -2.56. The predicted octanol–water partition coefficient (Wildman–Crippen LogP) is 3.17. The fourth-order valence-corrected chi connectivity index (χ4v) is 5.72. The molecule has 5 rings (SSSR count). The summed E-state index contributed by atoms with van der Waals surface area (Å²) in [4.78, 5) is 7.56. The zero-order valence-electron chi connectivity index (χ0n) is 12.5. The number of nitrogens with zero attached hydrogens (tertiary/aromatic N) is 1. The third-order valence-corrected chi connectivity index (χ3v) is 6.09. The minimum absolute atomic E-state index is 0.481. The van der Waals surface area contributed by atoms with Gasteiger partial charge in [0.05, 0.1) is 0 Å². The summed E-state index contributed by atoms with van der Waals surface area (Å²) in [5.41, 5.74) is 5.98. The van der Waals surface area contributed by atoms with Crippen LogP contribution in [-0.4, -0.2) is 16.0 Å². The van der Waals surface area contributed by atoms with Crippen LogP contribution in [0, 0.1) is 36.5 Å². The molecule has 0 saturated heterocycles. The highest BCUT2D eigenvalue weighted by Gasteiger charge is 2.49. The van der Waals surface area contributed by atoms with Crippen molar-refractivity contribution in [2.75, 3.05) is 11.1 Å². The largest absolute Gasteiger partial charge is 0.382 e. The Morgan fingerprint density at radius 3 is 2.25 bits per heavy atom. The predicted molar refractivity (Wildman–Crippen MR) is 81.4 cm³/mol. The molecule has 110 valence electrons. The van der Waals surface area contributed by atoms with Crippen molar-refractivity contribution in [3.63, 3.8) is 0 Å². The smallest absolute Gasteiger partial charge is 0.168 e. The molecule has 4 saturated carbocycles. The maximum absolute atomic E-state index is 5.98. The first-order chi connectivity index (χ1) is 9.60. The normalized spacial score (nSPS) is 40.0. The molecular weight excluding hydrogens is 248 g/mol. The number of nitrogens with one attached hydrogen (secondary N) is 2. The number of anilines is 2. The maximum atomic E-state index is 5.98. The highest BCUT2D eigenvalue weighted by Crippen LogP contribution is 2.57. The van der Waals surface area contributed by atoms with Crippen LogP contribution >= 0.6 is 0 Å². The Labute approximate surface area is 120 Å². The summed E-state index contributed by atoms with van der Waals surface area (Å²) in [7, 11) is 0. The third kappa shape index (κ3) is 1.92. The molecule has 4 aliphatic rings. The summed E-state index contributed by atoms with van der Waals surface area (Å²) in [6.07, 6.45) is 7.40. The lowest BCUT2D eigenvalue weighted by Crippen LogP contribution is -2.50. The molecular formula is C16H26N4. The fraction of sp³-hybridized carbons (Fsp3) is 0.812. The number of aromatic nitrogens is 2. The molecule has 4 aliphatic carbocycles. The first-order valence-corrected chi connectivity index (χ1v) is 8.18. The van der Waals surface area contributed by atoms with Crippen LogP contribution in [0.15, 0.2) is 0 Å². The van der Waals surface area contributed by atoms with Gasteiger partial charge in [-0.3, -0.25) is 0 Å². The average molecular weight is 274 g/mol. The number of rotatable bonds is 3. The molecule has 4 N–H and O–H groups in total. The standard InChI is InChI=1S/C16H26N4/c1-8(18-16-15(17)19-9(2)20-16)14-12-4-10-3-11(6-12)7-13(14)5-10/h8,10-14,18H,3-7,17H2,1-2H3,(H,19,20). The highest BCUT2D eigenvalue weighted by atomic mass is 15.1. The van der Waals surface area contributed by atoms with Crippen LogP contribution in [0.25, 0.3) is 0 Å². The number of hydrogen-bond donors (Lipinski definition) is 3. The number of hydrogen-bond acceptors (Lipinski definition) is 3. The van der Waals surface area contributed by atoms with E-state index < -0.39 is 0 Å². The van der Waals surface area contributed by atoms with Crippen LogP contribution in [0.5, 0.6) is 0 Å². The molecule has 1 unspecified atom stereocenters. The summed E-state index contributed by atoms with van der Waals surface area (Å²) in [5, 5.41) is 3.59. The second-order valence-corrected chi connectivity index (χ2v) is 7.53. The Morgan fingerprint density at radius 2 is 1.75 bits per heavy atom. The van der Waals surface area contributed by atoms with Gasteiger partial charge in [0.2, 0.25) is 0 Å². The molecule has 1 aromatic rings. The summed E-state index contributed by atoms with van der Waals surface area (Å²) in [6, 6.07) is 0.481. The van der Waals surface area contributed by atoms with Gasteiger partial charge in [0.25, 0.3) is 0 Å². The molecule has 4 fully saturated rings. The van der Waals surface area contributed by atoms with Crippen LogP contribution in [-0.2, 0) is 0 Å². The van der Waals surface area contributed by atoms with Crippen molar-refractivity contribution in [3.05, 3.63) is 5.82 Å². The van der Waals surface area contributed by atoms with Gasteiger partial charge in [0.1, 0.15) is 11.6 Å². The summed E-state index contributed by atoms with van der Waals surface area (Å²) >= 11 is 0. The molecule has 1 heterocycles. The van der Waals surface area contributed by atoms with E-state index in [4.69, 9.17) is 5.73 Å². The average Bonchev–Trinajstić information content (AvgIpc) is 2.66. The Bertz CT molecular complexity index is 479. The van der Waals surface area contributed by atoms with Crippen LogP contribution < -0.4 is 11.1 Å². The van der Waals surface area contributed by atoms with E-state index in [9.17, 15) is 0 Å². The van der Waals surface area contributed by atoms with E-state index in [0.717, 1.165) is 41.2 Å². The van der Waals surface area contributed by atoms with Crippen LogP contribution in [0.2, 0.25) is 0 Å². The molecule has 1 atom stereocenters. The number of aryl methyl sites for hydroxylation is 1. The first-order valence-electron chi connectivity index (χ1n) is 8.18. The van der Waals surface area contributed by atoms with E-state index in [0.29, 0.717) is 11.9 Å². The summed E-state index contributed by atoms with van der Waals surface area (Å²) in [6.45, 7) is 4.28. The van der Waals surface area contributed by atoms with E-state index >= 15 is 0 Å².